The average Bonchev–Trinajstić information content (AvgIpc) is 1.81. The van der Waals surface area contributed by atoms with Crippen molar-refractivity contribution in [1.29, 1.82) is 0 Å². The molecule has 0 rings (SSSR count). The fourth-order valence-electron chi connectivity index (χ4n) is 0.309. The van der Waals surface area contributed by atoms with E-state index in [-0.39, 0.29) is 0 Å². The van der Waals surface area contributed by atoms with Crippen molar-refractivity contribution in [2.75, 3.05) is 25.2 Å². The van der Waals surface area contributed by atoms with Gasteiger partial charge in [0.1, 0.15) is 0 Å². The van der Waals surface area contributed by atoms with Crippen LogP contribution in [0.25, 0.3) is 0 Å². The minimum absolute atomic E-state index is 0.846. The number of methoxy groups -OCH3 is 1. The van der Waals surface area contributed by atoms with Gasteiger partial charge < -0.3 is 4.74 Å². The zero-order chi connectivity index (χ0) is 6.24. The first kappa shape index (κ1) is 8.05. The van der Waals surface area contributed by atoms with Gasteiger partial charge in [-0.25, -0.2) is 0 Å². The van der Waals surface area contributed by atoms with Gasteiger partial charge >= 0.3 is 0 Å². The third kappa shape index (κ3) is 6.05. The first-order chi connectivity index (χ1) is 3.91. The summed E-state index contributed by atoms with van der Waals surface area (Å²) in [4.78, 5) is 0. The van der Waals surface area contributed by atoms with Crippen LogP contribution in [0.15, 0.2) is 12.7 Å². The van der Waals surface area contributed by atoms with E-state index >= 15 is 0 Å². The smallest absolute Gasteiger partial charge is 0.0553 e. The van der Waals surface area contributed by atoms with Crippen LogP contribution in [0, 0.1) is 0 Å². The Hall–Kier alpha value is 0.0500. The number of ether oxygens (including phenoxy) is 1. The van der Waals surface area contributed by atoms with Crippen molar-refractivity contribution in [3.05, 3.63) is 12.7 Å². The van der Waals surface area contributed by atoms with Crippen LogP contribution < -0.4 is 0 Å². The molecule has 0 N–H and O–H groups in total. The number of hydrogen-bond acceptors (Lipinski definition) is 2. The summed E-state index contributed by atoms with van der Waals surface area (Å²) in [5.41, 5.74) is 0. The largest absolute Gasteiger partial charge is 0.384 e. The lowest BCUT2D eigenvalue weighted by molar-refractivity contribution is 0.218. The van der Waals surface area contributed by atoms with Crippen LogP contribution in [-0.2, 0) is 4.74 Å². The van der Waals surface area contributed by atoms with Gasteiger partial charge in [-0.3, -0.25) is 0 Å². The van der Waals surface area contributed by atoms with Crippen molar-refractivity contribution in [1.82, 2.24) is 0 Å². The summed E-state index contributed by atoms with van der Waals surface area (Å²) in [6.45, 7) is 4.44. The van der Waals surface area contributed by atoms with Crippen LogP contribution in [0.5, 0.6) is 0 Å². The second-order valence-electron chi connectivity index (χ2n) is 1.36. The molecule has 0 aromatic rings. The maximum atomic E-state index is 4.83. The molecule has 1 nitrogen and oxygen atoms in total. The van der Waals surface area contributed by atoms with Crippen LogP contribution in [0.2, 0.25) is 0 Å². The summed E-state index contributed by atoms with van der Waals surface area (Å²) in [5, 5.41) is 0. The molecule has 0 aromatic carbocycles. The van der Waals surface area contributed by atoms with E-state index in [1.807, 2.05) is 17.8 Å². The summed E-state index contributed by atoms with van der Waals surface area (Å²) in [5.74, 6) is 2.10. The molecule has 0 saturated carbocycles. The van der Waals surface area contributed by atoms with Crippen LogP contribution in [0.3, 0.4) is 0 Å². The maximum Gasteiger partial charge on any atom is 0.0553 e. The molecule has 0 radical (unpaired) electrons. The Balaban J connectivity index is 2.62. The van der Waals surface area contributed by atoms with Crippen LogP contribution in [-0.4, -0.2) is 25.2 Å². The molecule has 0 aliphatic heterocycles. The molecule has 0 aliphatic rings. The van der Waals surface area contributed by atoms with Gasteiger partial charge in [0.15, 0.2) is 0 Å². The molecule has 48 valence electrons. The molecule has 0 bridgehead atoms. The predicted octanol–water partition coefficient (Wildman–Crippen LogP) is 1.55. The first-order valence-corrected chi connectivity index (χ1v) is 3.75. The Labute approximate surface area is 55.1 Å². The van der Waals surface area contributed by atoms with Gasteiger partial charge in [-0.15, -0.1) is 6.58 Å². The van der Waals surface area contributed by atoms with E-state index in [0.717, 1.165) is 18.1 Å². The highest BCUT2D eigenvalue weighted by atomic mass is 32.2. The van der Waals surface area contributed by atoms with Crippen molar-refractivity contribution in [3.63, 3.8) is 0 Å². The van der Waals surface area contributed by atoms with E-state index in [1.165, 1.54) is 0 Å². The van der Waals surface area contributed by atoms with Crippen molar-refractivity contribution in [2.45, 2.75) is 0 Å². The van der Waals surface area contributed by atoms with Crippen molar-refractivity contribution < 1.29 is 4.74 Å². The fraction of sp³-hybridized carbons (Fsp3) is 0.667. The molecule has 0 aliphatic carbocycles. The summed E-state index contributed by atoms with van der Waals surface area (Å²) >= 11 is 1.83. The predicted molar refractivity (Wildman–Crippen MR) is 39.4 cm³/mol. The lowest BCUT2D eigenvalue weighted by Crippen LogP contribution is -1.90. The van der Waals surface area contributed by atoms with Crippen LogP contribution in [0.4, 0.5) is 0 Å². The molecule has 0 amide bonds. The SMILES string of the molecule is C=CCSCCOC. The van der Waals surface area contributed by atoms with E-state index in [2.05, 4.69) is 6.58 Å². The van der Waals surface area contributed by atoms with Gasteiger partial charge in [-0.2, -0.15) is 11.8 Å². The van der Waals surface area contributed by atoms with Gasteiger partial charge in [-0.1, -0.05) is 6.08 Å². The molecule has 0 fully saturated rings. The monoisotopic (exact) mass is 132 g/mol. The standard InChI is InChI=1S/C6H12OS/c1-3-5-8-6-4-7-2/h3H,1,4-6H2,2H3. The Morgan fingerprint density at radius 2 is 2.50 bits per heavy atom. The van der Waals surface area contributed by atoms with Gasteiger partial charge in [0.25, 0.3) is 0 Å². The van der Waals surface area contributed by atoms with Gasteiger partial charge in [-0.05, 0) is 0 Å². The number of thioether (sulfide) groups is 1. The lowest BCUT2D eigenvalue weighted by atomic mass is 10.8. The summed E-state index contributed by atoms with van der Waals surface area (Å²) in [7, 11) is 1.72. The minimum Gasteiger partial charge on any atom is -0.384 e. The highest BCUT2D eigenvalue weighted by molar-refractivity contribution is 7.99. The quantitative estimate of drug-likeness (QED) is 0.414. The summed E-state index contributed by atoms with van der Waals surface area (Å²) in [6, 6.07) is 0. The number of hydrogen-bond donors (Lipinski definition) is 0. The normalized spacial score (nSPS) is 9.12. The van der Waals surface area contributed by atoms with E-state index in [4.69, 9.17) is 4.74 Å². The molecule has 2 heteroatoms. The zero-order valence-corrected chi connectivity index (χ0v) is 6.04. The van der Waals surface area contributed by atoms with Gasteiger partial charge in [0.05, 0.1) is 6.61 Å². The second kappa shape index (κ2) is 7.05. The van der Waals surface area contributed by atoms with Crippen molar-refractivity contribution in [3.8, 4) is 0 Å². The summed E-state index contributed by atoms with van der Waals surface area (Å²) in [6.07, 6.45) is 1.90. The van der Waals surface area contributed by atoms with E-state index < -0.39 is 0 Å². The highest BCUT2D eigenvalue weighted by Crippen LogP contribution is 1.97. The molecule has 0 saturated heterocycles. The molecule has 8 heavy (non-hydrogen) atoms. The highest BCUT2D eigenvalue weighted by Gasteiger charge is 1.81. The van der Waals surface area contributed by atoms with Crippen LogP contribution in [0.1, 0.15) is 0 Å². The van der Waals surface area contributed by atoms with E-state index in [0.29, 0.717) is 0 Å². The third-order valence-electron chi connectivity index (χ3n) is 0.667. The molecule has 0 aromatic heterocycles. The zero-order valence-electron chi connectivity index (χ0n) is 5.22. The Morgan fingerprint density at radius 3 is 3.00 bits per heavy atom. The molecule has 0 unspecified atom stereocenters. The molecule has 0 heterocycles. The first-order valence-electron chi connectivity index (χ1n) is 2.59. The van der Waals surface area contributed by atoms with Crippen molar-refractivity contribution in [2.24, 2.45) is 0 Å². The Kier molecular flexibility index (Phi) is 7.09. The van der Waals surface area contributed by atoms with Crippen molar-refractivity contribution >= 4 is 11.8 Å². The lowest BCUT2D eigenvalue weighted by Gasteiger charge is -1.93. The number of rotatable bonds is 5. The fourth-order valence-corrected chi connectivity index (χ4v) is 0.927. The Morgan fingerprint density at radius 1 is 1.75 bits per heavy atom. The van der Waals surface area contributed by atoms with E-state index in [1.54, 1.807) is 7.11 Å². The van der Waals surface area contributed by atoms with Crippen LogP contribution >= 0.6 is 11.8 Å². The average molecular weight is 132 g/mol. The topological polar surface area (TPSA) is 9.23 Å². The van der Waals surface area contributed by atoms with Gasteiger partial charge in [0.2, 0.25) is 0 Å². The second-order valence-corrected chi connectivity index (χ2v) is 2.51. The maximum absolute atomic E-state index is 4.83. The summed E-state index contributed by atoms with van der Waals surface area (Å²) < 4.78 is 4.83. The third-order valence-corrected chi connectivity index (χ3v) is 1.59. The Bertz CT molecular complexity index is 54.5. The van der Waals surface area contributed by atoms with E-state index in [9.17, 15) is 0 Å². The molecular formula is C6H12OS. The molecule has 0 atom stereocenters. The van der Waals surface area contributed by atoms with Gasteiger partial charge in [0, 0.05) is 18.6 Å². The molecule has 0 spiro atoms. The minimum atomic E-state index is 0.846. The molecular weight excluding hydrogens is 120 g/mol.